The van der Waals surface area contributed by atoms with E-state index in [4.69, 9.17) is 0 Å². The van der Waals surface area contributed by atoms with Gasteiger partial charge in [-0.2, -0.15) is 0 Å². The van der Waals surface area contributed by atoms with Gasteiger partial charge in [-0.3, -0.25) is 0 Å². The Kier molecular flexibility index (Phi) is 36.4. The molecule has 12 aromatic rings. The maximum absolute atomic E-state index is 2.24. The van der Waals surface area contributed by atoms with Gasteiger partial charge in [0, 0.05) is 0 Å². The third kappa shape index (κ3) is 23.5. The van der Waals surface area contributed by atoms with Gasteiger partial charge in [0.1, 0.15) is 0 Å². The molecule has 0 aromatic heterocycles. The maximum Gasteiger partial charge on any atom is -0.0125 e. The zero-order valence-corrected chi connectivity index (χ0v) is 56.8. The van der Waals surface area contributed by atoms with E-state index >= 15 is 0 Å². The highest BCUT2D eigenvalue weighted by Gasteiger charge is 2.00. The molecular formula is C84H108. The SMILES string of the molecule is CC.CC.CC.CC.CC.CC.Cc1ccc2c(C)cccc2c1.Cc1ccc2cc(C)ccc2c1.Cc1ccc2ccc(C)cc2c1.Cc1ccc2cccc(C)c2c1.Cc1cccc2c(C)cccc12.Cc1cccc2cccc(C)c12. The molecular weight excluding hydrogens is 1010 g/mol. The number of fused-ring (bicyclic) bond motifs is 6. The standard InChI is InChI=1S/6C12H12.6C2H6/c1-9-3-5-12-8-10(2)4-6-11(12)7-9;1-9-3-5-11-6-4-10(2)8-12(11)7-9;1-9-5-3-8-12-10(2)6-4-7-11(9)12;1-9-5-3-7-11-8-4-6-10(2)12(9)11;1-9-6-7-12-10(2)4-3-5-11(12)8-9;1-9-6-7-11-5-3-4-10(2)12(11)8-9;6*1-2/h6*3-8H,1-2H3;6*1-2H3. The van der Waals surface area contributed by atoms with Crippen LogP contribution in [0, 0.1) is 83.1 Å². The Labute approximate surface area is 513 Å². The molecule has 0 saturated carbocycles. The normalized spacial score (nSPS) is 9.43. The molecule has 444 valence electrons. The van der Waals surface area contributed by atoms with E-state index in [2.05, 4.69) is 301 Å². The summed E-state index contributed by atoms with van der Waals surface area (Å²) in [5, 5.41) is 16.2. The third-order valence-corrected chi connectivity index (χ3v) is 13.5. The van der Waals surface area contributed by atoms with Crippen LogP contribution in [0.3, 0.4) is 0 Å². The summed E-state index contributed by atoms with van der Waals surface area (Å²) in [5.74, 6) is 0. The summed E-state index contributed by atoms with van der Waals surface area (Å²) in [5.41, 5.74) is 16.1. The lowest BCUT2D eigenvalue weighted by Crippen LogP contribution is -1.81. The van der Waals surface area contributed by atoms with Crippen LogP contribution < -0.4 is 0 Å². The largest absolute Gasteiger partial charge is 0.0683 e. The van der Waals surface area contributed by atoms with Gasteiger partial charge in [0.2, 0.25) is 0 Å². The molecule has 0 heterocycles. The summed E-state index contributed by atoms with van der Waals surface area (Å²) < 4.78 is 0. The number of rotatable bonds is 0. The van der Waals surface area contributed by atoms with Crippen LogP contribution in [0.1, 0.15) is 150 Å². The molecule has 0 fully saturated rings. The number of aryl methyl sites for hydroxylation is 12. The molecule has 0 radical (unpaired) electrons. The summed E-state index contributed by atoms with van der Waals surface area (Å²) in [4.78, 5) is 0. The van der Waals surface area contributed by atoms with E-state index in [1.54, 1.807) is 0 Å². The second kappa shape index (κ2) is 41.2. The number of hydrogen-bond acceptors (Lipinski definition) is 0. The van der Waals surface area contributed by atoms with E-state index in [0.717, 1.165) is 0 Å². The van der Waals surface area contributed by atoms with Gasteiger partial charge < -0.3 is 0 Å². The summed E-state index contributed by atoms with van der Waals surface area (Å²) >= 11 is 0. The van der Waals surface area contributed by atoms with Crippen molar-refractivity contribution in [1.82, 2.24) is 0 Å². The van der Waals surface area contributed by atoms with E-state index < -0.39 is 0 Å². The molecule has 0 atom stereocenters. The van der Waals surface area contributed by atoms with Gasteiger partial charge in [-0.1, -0.05) is 335 Å². The van der Waals surface area contributed by atoms with Crippen molar-refractivity contribution in [2.75, 3.05) is 0 Å². The van der Waals surface area contributed by atoms with Crippen molar-refractivity contribution in [1.29, 1.82) is 0 Å². The molecule has 0 amide bonds. The summed E-state index contributed by atoms with van der Waals surface area (Å²) in [6.07, 6.45) is 0. The Morgan fingerprint density at radius 2 is 0.417 bits per heavy atom. The molecule has 0 nitrogen and oxygen atoms in total. The second-order valence-corrected chi connectivity index (χ2v) is 19.8. The van der Waals surface area contributed by atoms with Gasteiger partial charge in [-0.05, 0) is 181 Å². The van der Waals surface area contributed by atoms with Crippen molar-refractivity contribution in [3.05, 3.63) is 285 Å². The van der Waals surface area contributed by atoms with Crippen LogP contribution in [0.25, 0.3) is 64.6 Å². The lowest BCUT2D eigenvalue weighted by Gasteiger charge is -2.04. The Morgan fingerprint density at radius 1 is 0.155 bits per heavy atom. The summed E-state index contributed by atoms with van der Waals surface area (Å²) in [7, 11) is 0. The topological polar surface area (TPSA) is 0 Å². The van der Waals surface area contributed by atoms with Crippen LogP contribution >= 0.6 is 0 Å². The van der Waals surface area contributed by atoms with Crippen LogP contribution in [0.4, 0.5) is 0 Å². The summed E-state index contributed by atoms with van der Waals surface area (Å²) in [6.45, 7) is 49.7. The van der Waals surface area contributed by atoms with Crippen molar-refractivity contribution in [3.63, 3.8) is 0 Å². The first-order chi connectivity index (χ1) is 40.6. The Balaban J connectivity index is 0.000000486. The molecule has 0 heteroatoms. The van der Waals surface area contributed by atoms with Crippen LogP contribution in [0.2, 0.25) is 0 Å². The van der Waals surface area contributed by atoms with Gasteiger partial charge in [0.05, 0.1) is 0 Å². The minimum absolute atomic E-state index is 1.33. The molecule has 0 aliphatic carbocycles. The van der Waals surface area contributed by atoms with Crippen LogP contribution in [0.15, 0.2) is 218 Å². The Bertz CT molecular complexity index is 3570. The van der Waals surface area contributed by atoms with E-state index in [1.807, 2.05) is 83.1 Å². The molecule has 0 saturated heterocycles. The fraction of sp³-hybridized carbons (Fsp3) is 0.286. The van der Waals surface area contributed by atoms with E-state index in [1.165, 1.54) is 131 Å². The fourth-order valence-corrected chi connectivity index (χ4v) is 9.45. The van der Waals surface area contributed by atoms with Crippen molar-refractivity contribution < 1.29 is 0 Å². The highest BCUT2D eigenvalue weighted by Crippen LogP contribution is 2.24. The number of hydrogen-bond donors (Lipinski definition) is 0. The number of benzene rings is 12. The third-order valence-electron chi connectivity index (χ3n) is 13.5. The lowest BCUT2D eigenvalue weighted by atomic mass is 10.0. The van der Waals surface area contributed by atoms with Gasteiger partial charge >= 0.3 is 0 Å². The lowest BCUT2D eigenvalue weighted by molar-refractivity contribution is 1.46. The zero-order valence-electron chi connectivity index (χ0n) is 56.8. The quantitative estimate of drug-likeness (QED) is 0.142. The molecule has 0 unspecified atom stereocenters. The first-order valence-electron chi connectivity index (χ1n) is 31.4. The van der Waals surface area contributed by atoms with Crippen molar-refractivity contribution in [3.8, 4) is 0 Å². The van der Waals surface area contributed by atoms with Gasteiger partial charge in [-0.25, -0.2) is 0 Å². The monoisotopic (exact) mass is 1120 g/mol. The molecule has 12 aromatic carbocycles. The molecule has 12 rings (SSSR count). The predicted molar refractivity (Wildman–Crippen MR) is 389 cm³/mol. The highest BCUT2D eigenvalue weighted by molar-refractivity contribution is 5.90. The van der Waals surface area contributed by atoms with Gasteiger partial charge in [0.25, 0.3) is 0 Å². The molecule has 0 bridgehead atoms. The minimum atomic E-state index is 1.33. The Morgan fingerprint density at radius 3 is 0.810 bits per heavy atom. The highest BCUT2D eigenvalue weighted by atomic mass is 14.1. The second-order valence-electron chi connectivity index (χ2n) is 19.8. The molecule has 0 aliphatic rings. The van der Waals surface area contributed by atoms with Crippen molar-refractivity contribution in [2.24, 2.45) is 0 Å². The first kappa shape index (κ1) is 74.2. The Hall–Kier alpha value is -7.80. The van der Waals surface area contributed by atoms with E-state index in [0.29, 0.717) is 0 Å². The zero-order chi connectivity index (χ0) is 63.3. The molecule has 84 heavy (non-hydrogen) atoms. The maximum atomic E-state index is 2.24. The average Bonchev–Trinajstić information content (AvgIpc) is 3.72. The van der Waals surface area contributed by atoms with Crippen LogP contribution in [-0.2, 0) is 0 Å². The first-order valence-corrected chi connectivity index (χ1v) is 31.4. The predicted octanol–water partition coefficient (Wildman–Crippen LogP) is 26.9. The fourth-order valence-electron chi connectivity index (χ4n) is 9.45. The van der Waals surface area contributed by atoms with Gasteiger partial charge in [-0.15, -0.1) is 0 Å². The van der Waals surface area contributed by atoms with E-state index in [9.17, 15) is 0 Å². The molecule has 0 aliphatic heterocycles. The van der Waals surface area contributed by atoms with E-state index in [-0.39, 0.29) is 0 Å². The molecule has 0 N–H and O–H groups in total. The smallest absolute Gasteiger partial charge is 0.0125 e. The average molecular weight is 1120 g/mol. The van der Waals surface area contributed by atoms with Crippen molar-refractivity contribution >= 4 is 64.6 Å². The minimum Gasteiger partial charge on any atom is -0.0683 e. The van der Waals surface area contributed by atoms with Crippen LogP contribution in [0.5, 0.6) is 0 Å². The molecule has 0 spiro atoms. The van der Waals surface area contributed by atoms with Gasteiger partial charge in [0.15, 0.2) is 0 Å². The van der Waals surface area contributed by atoms with Crippen LogP contribution in [-0.4, -0.2) is 0 Å². The summed E-state index contributed by atoms with van der Waals surface area (Å²) in [6, 6.07) is 77.9. The van der Waals surface area contributed by atoms with Crippen molar-refractivity contribution in [2.45, 2.75) is 166 Å².